The molecule has 1 rings (SSSR count). The lowest BCUT2D eigenvalue weighted by atomic mass is 10.0. The molecule has 0 aromatic heterocycles. The lowest BCUT2D eigenvalue weighted by molar-refractivity contribution is -0.137. The number of carbonyl (C=O) groups is 2. The third-order valence-corrected chi connectivity index (χ3v) is 3.14. The third-order valence-electron chi connectivity index (χ3n) is 3.14. The SMILES string of the molecule is COCCCC(=O)N1CCC(CCC(=O)O)C1. The second-order valence-electron chi connectivity index (χ2n) is 4.52. The van der Waals surface area contributed by atoms with Gasteiger partial charge in [0.25, 0.3) is 0 Å². The molecule has 5 heteroatoms. The van der Waals surface area contributed by atoms with Crippen molar-refractivity contribution in [2.45, 2.75) is 32.1 Å². The number of likely N-dealkylation sites (tertiary alicyclic amines) is 1. The van der Waals surface area contributed by atoms with Crippen LogP contribution in [-0.4, -0.2) is 48.7 Å². The molecule has 98 valence electrons. The van der Waals surface area contributed by atoms with E-state index in [-0.39, 0.29) is 12.3 Å². The summed E-state index contributed by atoms with van der Waals surface area (Å²) in [5.41, 5.74) is 0. The van der Waals surface area contributed by atoms with Gasteiger partial charge in [0.15, 0.2) is 0 Å². The number of hydrogen-bond acceptors (Lipinski definition) is 3. The Bertz CT molecular complexity index is 267. The van der Waals surface area contributed by atoms with E-state index in [1.165, 1.54) is 0 Å². The number of aliphatic carboxylic acids is 1. The Balaban J connectivity index is 2.20. The predicted molar refractivity (Wildman–Crippen MR) is 62.7 cm³/mol. The molecular weight excluding hydrogens is 222 g/mol. The van der Waals surface area contributed by atoms with Gasteiger partial charge in [0.1, 0.15) is 0 Å². The fourth-order valence-corrected chi connectivity index (χ4v) is 2.15. The van der Waals surface area contributed by atoms with Crippen molar-refractivity contribution in [3.05, 3.63) is 0 Å². The van der Waals surface area contributed by atoms with Crippen LogP contribution in [0.2, 0.25) is 0 Å². The van der Waals surface area contributed by atoms with Crippen LogP contribution in [-0.2, 0) is 14.3 Å². The van der Waals surface area contributed by atoms with Crippen molar-refractivity contribution >= 4 is 11.9 Å². The number of nitrogens with zero attached hydrogens (tertiary/aromatic N) is 1. The van der Waals surface area contributed by atoms with Gasteiger partial charge in [-0.15, -0.1) is 0 Å². The Hall–Kier alpha value is -1.10. The number of carbonyl (C=O) groups excluding carboxylic acids is 1. The molecule has 17 heavy (non-hydrogen) atoms. The first-order chi connectivity index (χ1) is 8.13. The van der Waals surface area contributed by atoms with Crippen molar-refractivity contribution in [1.29, 1.82) is 0 Å². The van der Waals surface area contributed by atoms with Crippen molar-refractivity contribution in [3.63, 3.8) is 0 Å². The molecule has 1 unspecified atom stereocenters. The first-order valence-corrected chi connectivity index (χ1v) is 6.12. The minimum absolute atomic E-state index is 0.167. The van der Waals surface area contributed by atoms with E-state index in [1.807, 2.05) is 4.90 Å². The molecule has 0 spiro atoms. The zero-order valence-corrected chi connectivity index (χ0v) is 10.4. The van der Waals surface area contributed by atoms with E-state index >= 15 is 0 Å². The molecule has 1 N–H and O–H groups in total. The molecule has 0 aliphatic carbocycles. The lowest BCUT2D eigenvalue weighted by Crippen LogP contribution is -2.28. The maximum Gasteiger partial charge on any atom is 0.303 e. The monoisotopic (exact) mass is 243 g/mol. The van der Waals surface area contributed by atoms with E-state index in [0.717, 1.165) is 25.9 Å². The maximum atomic E-state index is 11.8. The summed E-state index contributed by atoms with van der Waals surface area (Å²) in [5, 5.41) is 8.60. The molecule has 0 aromatic carbocycles. The predicted octanol–water partition coefficient (Wildman–Crippen LogP) is 1.13. The first kappa shape index (κ1) is 14.0. The summed E-state index contributed by atoms with van der Waals surface area (Å²) in [6.07, 6.45) is 3.10. The number of carboxylic acid groups (broad SMARTS) is 1. The summed E-state index contributed by atoms with van der Waals surface area (Å²) in [6, 6.07) is 0. The van der Waals surface area contributed by atoms with Crippen LogP contribution in [0.4, 0.5) is 0 Å². The number of ether oxygens (including phenoxy) is 1. The van der Waals surface area contributed by atoms with Crippen molar-refractivity contribution in [3.8, 4) is 0 Å². The Morgan fingerprint density at radius 1 is 1.41 bits per heavy atom. The van der Waals surface area contributed by atoms with Crippen LogP contribution in [0.5, 0.6) is 0 Å². The van der Waals surface area contributed by atoms with Crippen LogP contribution in [0.1, 0.15) is 32.1 Å². The zero-order chi connectivity index (χ0) is 12.7. The molecule has 0 saturated carbocycles. The topological polar surface area (TPSA) is 66.8 Å². The van der Waals surface area contributed by atoms with E-state index in [1.54, 1.807) is 7.11 Å². The highest BCUT2D eigenvalue weighted by Gasteiger charge is 2.25. The van der Waals surface area contributed by atoms with Gasteiger partial charge >= 0.3 is 5.97 Å². The van der Waals surface area contributed by atoms with E-state index < -0.39 is 5.97 Å². The molecule has 1 amide bonds. The highest BCUT2D eigenvalue weighted by Crippen LogP contribution is 2.21. The molecule has 1 aliphatic rings. The van der Waals surface area contributed by atoms with E-state index in [4.69, 9.17) is 9.84 Å². The number of carboxylic acids is 1. The maximum absolute atomic E-state index is 11.8. The minimum atomic E-state index is -0.755. The van der Waals surface area contributed by atoms with Crippen LogP contribution in [0.3, 0.4) is 0 Å². The van der Waals surface area contributed by atoms with Crippen molar-refractivity contribution in [1.82, 2.24) is 4.90 Å². The minimum Gasteiger partial charge on any atom is -0.481 e. The van der Waals surface area contributed by atoms with Crippen LogP contribution in [0, 0.1) is 5.92 Å². The van der Waals surface area contributed by atoms with Gasteiger partial charge in [-0.2, -0.15) is 0 Å². The van der Waals surface area contributed by atoms with Crippen molar-refractivity contribution < 1.29 is 19.4 Å². The van der Waals surface area contributed by atoms with Gasteiger partial charge in [0, 0.05) is 39.6 Å². The summed E-state index contributed by atoms with van der Waals surface area (Å²) < 4.78 is 4.90. The van der Waals surface area contributed by atoms with Gasteiger partial charge in [0.05, 0.1) is 0 Å². The molecule has 0 bridgehead atoms. The fourth-order valence-electron chi connectivity index (χ4n) is 2.15. The van der Waals surface area contributed by atoms with Gasteiger partial charge < -0.3 is 14.7 Å². The van der Waals surface area contributed by atoms with Gasteiger partial charge in [-0.25, -0.2) is 0 Å². The molecule has 1 fully saturated rings. The Morgan fingerprint density at radius 2 is 2.18 bits per heavy atom. The van der Waals surface area contributed by atoms with Gasteiger partial charge in [-0.3, -0.25) is 9.59 Å². The molecule has 1 atom stereocenters. The van der Waals surface area contributed by atoms with E-state index in [0.29, 0.717) is 25.4 Å². The van der Waals surface area contributed by atoms with E-state index in [9.17, 15) is 9.59 Å². The zero-order valence-electron chi connectivity index (χ0n) is 10.4. The third kappa shape index (κ3) is 5.17. The van der Waals surface area contributed by atoms with E-state index in [2.05, 4.69) is 0 Å². The van der Waals surface area contributed by atoms with Crippen LogP contribution >= 0.6 is 0 Å². The van der Waals surface area contributed by atoms with Crippen molar-refractivity contribution in [2.24, 2.45) is 5.92 Å². The van der Waals surface area contributed by atoms with Crippen LogP contribution < -0.4 is 0 Å². The normalized spacial score (nSPS) is 19.6. The highest BCUT2D eigenvalue weighted by molar-refractivity contribution is 5.76. The average Bonchev–Trinajstić information content (AvgIpc) is 2.75. The second kappa shape index (κ2) is 7.27. The number of hydrogen-bond donors (Lipinski definition) is 1. The Kier molecular flexibility index (Phi) is 5.97. The van der Waals surface area contributed by atoms with Crippen LogP contribution in [0.25, 0.3) is 0 Å². The number of methoxy groups -OCH3 is 1. The summed E-state index contributed by atoms with van der Waals surface area (Å²) in [4.78, 5) is 24.1. The second-order valence-corrected chi connectivity index (χ2v) is 4.52. The lowest BCUT2D eigenvalue weighted by Gasteiger charge is -2.16. The molecule has 5 nitrogen and oxygen atoms in total. The Labute approximate surface area is 102 Å². The quantitative estimate of drug-likeness (QED) is 0.681. The van der Waals surface area contributed by atoms with Gasteiger partial charge in [-0.05, 0) is 25.2 Å². The largest absolute Gasteiger partial charge is 0.481 e. The first-order valence-electron chi connectivity index (χ1n) is 6.12. The summed E-state index contributed by atoms with van der Waals surface area (Å²) in [5.74, 6) is -0.229. The summed E-state index contributed by atoms with van der Waals surface area (Å²) >= 11 is 0. The summed E-state index contributed by atoms with van der Waals surface area (Å²) in [7, 11) is 1.63. The van der Waals surface area contributed by atoms with Crippen LogP contribution in [0.15, 0.2) is 0 Å². The summed E-state index contributed by atoms with van der Waals surface area (Å²) in [6.45, 7) is 2.11. The average molecular weight is 243 g/mol. The smallest absolute Gasteiger partial charge is 0.303 e. The Morgan fingerprint density at radius 3 is 2.82 bits per heavy atom. The molecule has 0 aromatic rings. The molecule has 1 saturated heterocycles. The fraction of sp³-hybridized carbons (Fsp3) is 0.833. The number of amides is 1. The standard InChI is InChI=1S/C12H21NO4/c1-17-8-2-3-11(14)13-7-6-10(9-13)4-5-12(15)16/h10H,2-9H2,1H3,(H,15,16). The van der Waals surface area contributed by atoms with Gasteiger partial charge in [0.2, 0.25) is 5.91 Å². The number of rotatable bonds is 7. The van der Waals surface area contributed by atoms with Gasteiger partial charge in [-0.1, -0.05) is 0 Å². The van der Waals surface area contributed by atoms with Crippen molar-refractivity contribution in [2.75, 3.05) is 26.8 Å². The molecular formula is C12H21NO4. The highest BCUT2D eigenvalue weighted by atomic mass is 16.5. The molecule has 1 aliphatic heterocycles. The molecule has 1 heterocycles. The molecule has 0 radical (unpaired) electrons.